The minimum Gasteiger partial charge on any atom is -0.396 e. The lowest BCUT2D eigenvalue weighted by Crippen LogP contribution is -2.23. The SMILES string of the molecule is CCC(CC)(CC)CCCCOCCCCC(CC)(CC)CO. The van der Waals surface area contributed by atoms with Crippen LogP contribution in [0.25, 0.3) is 0 Å². The van der Waals surface area contributed by atoms with E-state index in [1.165, 1.54) is 44.9 Å². The number of hydrogen-bond acceptors (Lipinski definition) is 2. The molecule has 0 rings (SSSR count). The van der Waals surface area contributed by atoms with E-state index in [0.717, 1.165) is 38.9 Å². The highest BCUT2D eigenvalue weighted by Crippen LogP contribution is 2.35. The fraction of sp³-hybridized carbons (Fsp3) is 1.00. The van der Waals surface area contributed by atoms with Gasteiger partial charge in [0, 0.05) is 19.8 Å². The number of ether oxygens (including phenoxy) is 1. The first-order valence-electron chi connectivity index (χ1n) is 10.3. The van der Waals surface area contributed by atoms with Gasteiger partial charge in [0.1, 0.15) is 0 Å². The Hall–Kier alpha value is -0.0800. The van der Waals surface area contributed by atoms with E-state index in [1.807, 2.05) is 0 Å². The lowest BCUT2D eigenvalue weighted by molar-refractivity contribution is 0.0901. The molecule has 0 saturated carbocycles. The van der Waals surface area contributed by atoms with Gasteiger partial charge >= 0.3 is 0 Å². The zero-order valence-electron chi connectivity index (χ0n) is 16.8. The highest BCUT2D eigenvalue weighted by molar-refractivity contribution is 4.75. The summed E-state index contributed by atoms with van der Waals surface area (Å²) in [4.78, 5) is 0. The van der Waals surface area contributed by atoms with Crippen molar-refractivity contribution < 1.29 is 9.84 Å². The van der Waals surface area contributed by atoms with Crippen LogP contribution in [0.3, 0.4) is 0 Å². The van der Waals surface area contributed by atoms with Gasteiger partial charge in [0.2, 0.25) is 0 Å². The first kappa shape index (κ1) is 22.9. The first-order chi connectivity index (χ1) is 11.1. The maximum Gasteiger partial charge on any atom is 0.0487 e. The molecule has 0 heterocycles. The van der Waals surface area contributed by atoms with Gasteiger partial charge < -0.3 is 9.84 Å². The van der Waals surface area contributed by atoms with Gasteiger partial charge in [0.15, 0.2) is 0 Å². The van der Waals surface area contributed by atoms with Crippen molar-refractivity contribution in [3.8, 4) is 0 Å². The summed E-state index contributed by atoms with van der Waals surface area (Å²) in [6.45, 7) is 13.5. The molecule has 0 atom stereocenters. The Labute approximate surface area is 146 Å². The lowest BCUT2D eigenvalue weighted by atomic mass is 9.76. The van der Waals surface area contributed by atoms with E-state index in [4.69, 9.17) is 4.74 Å². The van der Waals surface area contributed by atoms with Crippen LogP contribution in [0.2, 0.25) is 0 Å². The summed E-state index contributed by atoms with van der Waals surface area (Å²) in [7, 11) is 0. The molecule has 0 bridgehead atoms. The van der Waals surface area contributed by atoms with Crippen LogP contribution in [0.1, 0.15) is 105 Å². The second-order valence-electron chi connectivity index (χ2n) is 7.45. The largest absolute Gasteiger partial charge is 0.396 e. The Bertz CT molecular complexity index is 212. The van der Waals surface area contributed by atoms with Gasteiger partial charge in [0.25, 0.3) is 0 Å². The van der Waals surface area contributed by atoms with Gasteiger partial charge in [-0.05, 0) is 49.4 Å². The van der Waals surface area contributed by atoms with Gasteiger partial charge in [0.05, 0.1) is 0 Å². The average Bonchev–Trinajstić information content (AvgIpc) is 2.61. The summed E-state index contributed by atoms with van der Waals surface area (Å²) < 4.78 is 5.80. The smallest absolute Gasteiger partial charge is 0.0487 e. The van der Waals surface area contributed by atoms with E-state index in [1.54, 1.807) is 0 Å². The maximum absolute atomic E-state index is 9.57. The second kappa shape index (κ2) is 13.2. The summed E-state index contributed by atoms with van der Waals surface area (Å²) in [6, 6.07) is 0. The fourth-order valence-electron chi connectivity index (χ4n) is 3.70. The molecule has 0 amide bonds. The summed E-state index contributed by atoms with van der Waals surface area (Å²) in [5.41, 5.74) is 0.734. The van der Waals surface area contributed by atoms with Crippen molar-refractivity contribution in [1.29, 1.82) is 0 Å². The maximum atomic E-state index is 9.57. The normalized spacial score (nSPS) is 12.8. The molecule has 0 aliphatic heterocycles. The molecule has 0 aliphatic rings. The number of rotatable bonds is 16. The average molecular weight is 329 g/mol. The summed E-state index contributed by atoms with van der Waals surface area (Å²) in [5, 5.41) is 9.57. The van der Waals surface area contributed by atoms with E-state index in [-0.39, 0.29) is 5.41 Å². The van der Waals surface area contributed by atoms with Gasteiger partial charge in [-0.3, -0.25) is 0 Å². The van der Waals surface area contributed by atoms with Crippen molar-refractivity contribution in [3.63, 3.8) is 0 Å². The summed E-state index contributed by atoms with van der Waals surface area (Å²) in [6.07, 6.45) is 13.4. The third-order valence-electron chi connectivity index (χ3n) is 6.58. The predicted molar refractivity (Wildman–Crippen MR) is 102 cm³/mol. The zero-order valence-corrected chi connectivity index (χ0v) is 16.8. The van der Waals surface area contributed by atoms with Crippen molar-refractivity contribution in [1.82, 2.24) is 0 Å². The van der Waals surface area contributed by atoms with Crippen molar-refractivity contribution in [2.24, 2.45) is 10.8 Å². The molecule has 0 aromatic carbocycles. The topological polar surface area (TPSA) is 29.5 Å². The first-order valence-corrected chi connectivity index (χ1v) is 10.3. The molecule has 0 saturated heterocycles. The fourth-order valence-corrected chi connectivity index (χ4v) is 3.70. The monoisotopic (exact) mass is 328 g/mol. The summed E-state index contributed by atoms with van der Waals surface area (Å²) in [5.74, 6) is 0. The molecule has 0 fully saturated rings. The second-order valence-corrected chi connectivity index (χ2v) is 7.45. The highest BCUT2D eigenvalue weighted by atomic mass is 16.5. The van der Waals surface area contributed by atoms with Gasteiger partial charge in [-0.2, -0.15) is 0 Å². The molecule has 0 spiro atoms. The molecule has 23 heavy (non-hydrogen) atoms. The molecule has 2 nitrogen and oxygen atoms in total. The van der Waals surface area contributed by atoms with Crippen LogP contribution >= 0.6 is 0 Å². The Kier molecular flexibility index (Phi) is 13.2. The standard InChI is InChI=1S/C21H44O2/c1-6-20(7-2,8-3)15-11-13-17-23-18-14-12-16-21(9-4,10-5)19-22/h22H,6-19H2,1-5H3. The quantitative estimate of drug-likeness (QED) is 0.334. The van der Waals surface area contributed by atoms with Crippen molar-refractivity contribution in [3.05, 3.63) is 0 Å². The highest BCUT2D eigenvalue weighted by Gasteiger charge is 2.24. The van der Waals surface area contributed by atoms with Crippen molar-refractivity contribution in [2.45, 2.75) is 105 Å². The molecule has 0 aliphatic carbocycles. The van der Waals surface area contributed by atoms with Crippen molar-refractivity contribution in [2.75, 3.05) is 19.8 Å². The van der Waals surface area contributed by atoms with Crippen LogP contribution in [-0.4, -0.2) is 24.9 Å². The van der Waals surface area contributed by atoms with Gasteiger partial charge in [-0.15, -0.1) is 0 Å². The van der Waals surface area contributed by atoms with E-state index in [2.05, 4.69) is 34.6 Å². The minimum atomic E-state index is 0.157. The Morgan fingerprint density at radius 2 is 1.00 bits per heavy atom. The molecule has 0 unspecified atom stereocenters. The molecule has 0 aromatic rings. The van der Waals surface area contributed by atoms with E-state index in [9.17, 15) is 5.11 Å². The van der Waals surface area contributed by atoms with Crippen LogP contribution < -0.4 is 0 Å². The van der Waals surface area contributed by atoms with Crippen LogP contribution in [0, 0.1) is 10.8 Å². The molecular formula is C21H44O2. The molecule has 140 valence electrons. The third-order valence-corrected chi connectivity index (χ3v) is 6.58. The number of unbranched alkanes of at least 4 members (excludes halogenated alkanes) is 2. The van der Waals surface area contributed by atoms with E-state index >= 15 is 0 Å². The van der Waals surface area contributed by atoms with E-state index < -0.39 is 0 Å². The van der Waals surface area contributed by atoms with Crippen LogP contribution in [-0.2, 0) is 4.74 Å². The van der Waals surface area contributed by atoms with E-state index in [0.29, 0.717) is 12.0 Å². The number of aliphatic hydroxyl groups excluding tert-OH is 1. The van der Waals surface area contributed by atoms with Crippen LogP contribution in [0.4, 0.5) is 0 Å². The summed E-state index contributed by atoms with van der Waals surface area (Å²) >= 11 is 0. The number of hydrogen-bond donors (Lipinski definition) is 1. The number of aliphatic hydroxyl groups is 1. The van der Waals surface area contributed by atoms with Crippen molar-refractivity contribution >= 4 is 0 Å². The van der Waals surface area contributed by atoms with Gasteiger partial charge in [-0.1, -0.05) is 66.7 Å². The minimum absolute atomic E-state index is 0.157. The van der Waals surface area contributed by atoms with Crippen LogP contribution in [0.15, 0.2) is 0 Å². The van der Waals surface area contributed by atoms with Gasteiger partial charge in [-0.25, -0.2) is 0 Å². The molecule has 1 N–H and O–H groups in total. The molecule has 2 heteroatoms. The molecule has 0 radical (unpaired) electrons. The third kappa shape index (κ3) is 8.54. The lowest BCUT2D eigenvalue weighted by Gasteiger charge is -2.30. The Morgan fingerprint density at radius 1 is 0.609 bits per heavy atom. The predicted octanol–water partition coefficient (Wildman–Crippen LogP) is 6.36. The Morgan fingerprint density at radius 3 is 1.35 bits per heavy atom. The molecule has 0 aromatic heterocycles. The molecular weight excluding hydrogens is 284 g/mol. The van der Waals surface area contributed by atoms with Crippen LogP contribution in [0.5, 0.6) is 0 Å². The Balaban J connectivity index is 3.64. The zero-order chi connectivity index (χ0) is 17.6.